The molecule has 0 amide bonds. The number of hydrogen-bond donors (Lipinski definition) is 0. The predicted molar refractivity (Wildman–Crippen MR) is 83.9 cm³/mol. The molecule has 0 aromatic carbocycles. The number of aromatic nitrogens is 4. The third-order valence-electron chi connectivity index (χ3n) is 3.76. The van der Waals surface area contributed by atoms with Crippen molar-refractivity contribution in [3.63, 3.8) is 0 Å². The highest BCUT2D eigenvalue weighted by Crippen LogP contribution is 2.12. The minimum Gasteiger partial charge on any atom is -0.237 e. The molecule has 2 heterocycles. The van der Waals surface area contributed by atoms with Crippen LogP contribution in [0.2, 0.25) is 0 Å². The lowest BCUT2D eigenvalue weighted by atomic mass is 10.1. The third kappa shape index (κ3) is 4.19. The first-order chi connectivity index (χ1) is 9.66. The third-order valence-corrected chi connectivity index (χ3v) is 3.76. The Balaban J connectivity index is 1.87. The lowest BCUT2D eigenvalue weighted by Gasteiger charge is -2.13. The molecule has 0 aliphatic carbocycles. The molecule has 4 nitrogen and oxygen atoms in total. The fourth-order valence-electron chi connectivity index (χ4n) is 2.28. The number of rotatable bonds is 4. The summed E-state index contributed by atoms with van der Waals surface area (Å²) < 4.78 is 9.06. The molecule has 116 valence electrons. The molecule has 0 aliphatic rings. The van der Waals surface area contributed by atoms with Crippen molar-refractivity contribution in [2.24, 2.45) is 0 Å². The summed E-state index contributed by atoms with van der Waals surface area (Å²) in [6.07, 6.45) is 14.2. The van der Waals surface area contributed by atoms with Crippen LogP contribution >= 0.6 is 0 Å². The standard InChI is InChI=1S/C17H30N4/c1-16(2,3)20-12-10-18(14-20)8-7-9-19-11-13-21(15-19)17(4,5)6/h10-15H,7-9H2,1-6H3/q+2. The maximum absolute atomic E-state index is 2.27. The highest BCUT2D eigenvalue weighted by molar-refractivity contribution is 4.79. The molecule has 0 aliphatic heterocycles. The molecule has 2 aromatic heterocycles. The molecule has 0 unspecified atom stereocenters. The van der Waals surface area contributed by atoms with Gasteiger partial charge in [-0.15, -0.1) is 0 Å². The van der Waals surface area contributed by atoms with Crippen LogP contribution in [0.1, 0.15) is 48.0 Å². The average Bonchev–Trinajstić information content (AvgIpc) is 2.95. The quantitative estimate of drug-likeness (QED) is 0.770. The first-order valence-corrected chi connectivity index (χ1v) is 7.81. The van der Waals surface area contributed by atoms with Crippen LogP contribution < -0.4 is 9.13 Å². The molecule has 0 fully saturated rings. The van der Waals surface area contributed by atoms with Gasteiger partial charge in [-0.25, -0.2) is 18.3 Å². The van der Waals surface area contributed by atoms with E-state index in [0.717, 1.165) is 19.5 Å². The summed E-state index contributed by atoms with van der Waals surface area (Å²) in [5.74, 6) is 0. The summed E-state index contributed by atoms with van der Waals surface area (Å²) >= 11 is 0. The van der Waals surface area contributed by atoms with Crippen LogP contribution in [0.25, 0.3) is 0 Å². The maximum Gasteiger partial charge on any atom is 0.244 e. The number of aryl methyl sites for hydroxylation is 2. The molecule has 2 aromatic rings. The Morgan fingerprint density at radius 3 is 1.38 bits per heavy atom. The second kappa shape index (κ2) is 5.66. The number of imidazole rings is 2. The molecule has 4 heteroatoms. The van der Waals surface area contributed by atoms with E-state index < -0.39 is 0 Å². The van der Waals surface area contributed by atoms with Gasteiger partial charge in [0.25, 0.3) is 0 Å². The van der Waals surface area contributed by atoms with Crippen LogP contribution in [0, 0.1) is 0 Å². The van der Waals surface area contributed by atoms with Crippen molar-refractivity contribution < 1.29 is 9.13 Å². The SMILES string of the molecule is CC(C)(C)n1cc[n+](CCC[n+]2ccn(C(C)(C)C)c2)c1. The maximum atomic E-state index is 2.27. The highest BCUT2D eigenvalue weighted by Gasteiger charge is 2.20. The lowest BCUT2D eigenvalue weighted by molar-refractivity contribution is -0.726. The summed E-state index contributed by atoms with van der Waals surface area (Å²) in [4.78, 5) is 0. The molecule has 0 spiro atoms. The fraction of sp³-hybridized carbons (Fsp3) is 0.647. The Kier molecular flexibility index (Phi) is 4.26. The molecule has 0 bridgehead atoms. The fourth-order valence-corrected chi connectivity index (χ4v) is 2.28. The van der Waals surface area contributed by atoms with Crippen molar-refractivity contribution in [2.75, 3.05) is 0 Å². The van der Waals surface area contributed by atoms with Gasteiger partial charge in [0.05, 0.1) is 13.1 Å². The summed E-state index contributed by atoms with van der Waals surface area (Å²) in [6, 6.07) is 0. The zero-order chi connectivity index (χ0) is 15.7. The van der Waals surface area contributed by atoms with Gasteiger partial charge in [-0.3, -0.25) is 0 Å². The topological polar surface area (TPSA) is 17.6 Å². The van der Waals surface area contributed by atoms with E-state index in [1.54, 1.807) is 0 Å². The molecule has 0 radical (unpaired) electrons. The summed E-state index contributed by atoms with van der Waals surface area (Å²) in [5, 5.41) is 0. The normalized spacial score (nSPS) is 12.9. The number of nitrogens with zero attached hydrogens (tertiary/aromatic N) is 4. The van der Waals surface area contributed by atoms with Crippen molar-refractivity contribution in [3.8, 4) is 0 Å². The van der Waals surface area contributed by atoms with E-state index in [-0.39, 0.29) is 11.1 Å². The van der Waals surface area contributed by atoms with E-state index in [1.165, 1.54) is 0 Å². The van der Waals surface area contributed by atoms with E-state index in [2.05, 4.69) is 97.3 Å². The Hall–Kier alpha value is -1.58. The van der Waals surface area contributed by atoms with Gasteiger partial charge in [0.15, 0.2) is 0 Å². The molecule has 0 saturated carbocycles. The van der Waals surface area contributed by atoms with Gasteiger partial charge in [0.2, 0.25) is 12.7 Å². The molecular formula is C17H30N4+2. The van der Waals surface area contributed by atoms with Crippen molar-refractivity contribution in [2.45, 2.75) is 72.1 Å². The van der Waals surface area contributed by atoms with E-state index in [0.29, 0.717) is 0 Å². The van der Waals surface area contributed by atoms with E-state index in [4.69, 9.17) is 0 Å². The minimum atomic E-state index is 0.157. The lowest BCUT2D eigenvalue weighted by Crippen LogP contribution is -2.38. The van der Waals surface area contributed by atoms with Gasteiger partial charge >= 0.3 is 0 Å². The summed E-state index contributed by atoms with van der Waals surface area (Å²) in [6.45, 7) is 15.5. The van der Waals surface area contributed by atoms with E-state index in [9.17, 15) is 0 Å². The van der Waals surface area contributed by atoms with E-state index >= 15 is 0 Å². The van der Waals surface area contributed by atoms with Crippen LogP contribution in [-0.4, -0.2) is 9.13 Å². The molecule has 2 rings (SSSR count). The van der Waals surface area contributed by atoms with Crippen molar-refractivity contribution in [1.82, 2.24) is 9.13 Å². The predicted octanol–water partition coefficient (Wildman–Crippen LogP) is 2.46. The molecule has 0 saturated heterocycles. The largest absolute Gasteiger partial charge is 0.244 e. The Morgan fingerprint density at radius 2 is 1.10 bits per heavy atom. The Labute approximate surface area is 128 Å². The van der Waals surface area contributed by atoms with Crippen molar-refractivity contribution >= 4 is 0 Å². The Bertz CT molecular complexity index is 526. The van der Waals surface area contributed by atoms with Gasteiger partial charge < -0.3 is 0 Å². The van der Waals surface area contributed by atoms with Gasteiger partial charge in [-0.1, -0.05) is 0 Å². The molecule has 0 atom stereocenters. The highest BCUT2D eigenvalue weighted by atomic mass is 15.2. The molecular weight excluding hydrogens is 260 g/mol. The van der Waals surface area contributed by atoms with Crippen LogP contribution in [0.4, 0.5) is 0 Å². The van der Waals surface area contributed by atoms with Crippen molar-refractivity contribution in [1.29, 1.82) is 0 Å². The average molecular weight is 290 g/mol. The van der Waals surface area contributed by atoms with Crippen LogP contribution in [0.3, 0.4) is 0 Å². The zero-order valence-corrected chi connectivity index (χ0v) is 14.4. The molecule has 0 N–H and O–H groups in total. The van der Waals surface area contributed by atoms with Gasteiger partial charge in [0, 0.05) is 6.42 Å². The zero-order valence-electron chi connectivity index (χ0n) is 14.4. The summed E-state index contributed by atoms with van der Waals surface area (Å²) in [7, 11) is 0. The van der Waals surface area contributed by atoms with Crippen LogP contribution in [-0.2, 0) is 24.2 Å². The van der Waals surface area contributed by atoms with Crippen molar-refractivity contribution in [3.05, 3.63) is 37.4 Å². The minimum absolute atomic E-state index is 0.157. The van der Waals surface area contributed by atoms with E-state index in [1.807, 2.05) is 0 Å². The second-order valence-electron chi connectivity index (χ2n) is 7.81. The van der Waals surface area contributed by atoms with Gasteiger partial charge in [0.1, 0.15) is 35.9 Å². The smallest absolute Gasteiger partial charge is 0.237 e. The van der Waals surface area contributed by atoms with Gasteiger partial charge in [-0.05, 0) is 41.5 Å². The first kappa shape index (κ1) is 15.8. The van der Waals surface area contributed by atoms with Gasteiger partial charge in [-0.2, -0.15) is 0 Å². The Morgan fingerprint density at radius 1 is 0.714 bits per heavy atom. The monoisotopic (exact) mass is 290 g/mol. The summed E-state index contributed by atoms with van der Waals surface area (Å²) in [5.41, 5.74) is 0.313. The first-order valence-electron chi connectivity index (χ1n) is 7.81. The second-order valence-corrected chi connectivity index (χ2v) is 7.81. The van der Waals surface area contributed by atoms with Crippen LogP contribution in [0.5, 0.6) is 0 Å². The van der Waals surface area contributed by atoms with Crippen LogP contribution in [0.15, 0.2) is 37.4 Å². The molecule has 21 heavy (non-hydrogen) atoms. The number of hydrogen-bond acceptors (Lipinski definition) is 0.